The van der Waals surface area contributed by atoms with Crippen LogP contribution >= 0.6 is 0 Å². The number of imidazole rings is 1. The molecule has 2 fully saturated rings. The van der Waals surface area contributed by atoms with Crippen molar-refractivity contribution in [1.29, 1.82) is 0 Å². The molecular formula is C30H35FN6O5. The van der Waals surface area contributed by atoms with E-state index in [0.717, 1.165) is 44.1 Å². The van der Waals surface area contributed by atoms with Crippen molar-refractivity contribution in [3.05, 3.63) is 68.9 Å². The normalized spacial score (nSPS) is 17.4. The Labute approximate surface area is 241 Å². The fraction of sp³-hybridized carbons (Fsp3) is 0.500. The van der Waals surface area contributed by atoms with Gasteiger partial charge in [0.1, 0.15) is 17.6 Å². The molecular weight excluding hydrogens is 543 g/mol. The molecule has 0 spiro atoms. The molecule has 12 heteroatoms. The second-order valence-electron chi connectivity index (χ2n) is 10.7. The van der Waals surface area contributed by atoms with E-state index in [2.05, 4.69) is 9.97 Å². The molecule has 0 N–H and O–H groups in total. The predicted octanol–water partition coefficient (Wildman–Crippen LogP) is 3.89. The minimum absolute atomic E-state index is 0.159. The molecule has 1 aromatic carbocycles. The molecule has 0 amide bonds. The molecule has 1 atom stereocenters. The van der Waals surface area contributed by atoms with E-state index in [0.29, 0.717) is 43.6 Å². The highest BCUT2D eigenvalue weighted by Gasteiger charge is 2.24. The zero-order valence-electron chi connectivity index (χ0n) is 23.7. The molecule has 11 nitrogen and oxygen atoms in total. The third kappa shape index (κ3) is 5.86. The molecule has 6 rings (SSSR count). The first-order valence-corrected chi connectivity index (χ1v) is 14.7. The van der Waals surface area contributed by atoms with E-state index in [1.807, 2.05) is 6.92 Å². The lowest BCUT2D eigenvalue weighted by Gasteiger charge is -2.25. The van der Waals surface area contributed by atoms with Crippen LogP contribution in [0, 0.1) is 5.82 Å². The molecule has 1 aliphatic carbocycles. The van der Waals surface area contributed by atoms with Gasteiger partial charge in [-0.15, -0.1) is 0 Å². The summed E-state index contributed by atoms with van der Waals surface area (Å²) in [6.07, 6.45) is 9.58. The SMILES string of the molecule is CCn1c(=O)n(CCCOC2CCCCO2)c(=O)c2c1nc(-c1cnc(OC3CCC3)cn1)n2Cc1ccc(F)cc1. The number of aromatic nitrogens is 6. The van der Waals surface area contributed by atoms with Crippen LogP contribution in [-0.2, 0) is 29.1 Å². The zero-order valence-corrected chi connectivity index (χ0v) is 23.7. The van der Waals surface area contributed by atoms with Gasteiger partial charge in [0.2, 0.25) is 5.88 Å². The van der Waals surface area contributed by atoms with E-state index in [-0.39, 0.29) is 42.5 Å². The summed E-state index contributed by atoms with van der Waals surface area (Å²) in [5.74, 6) is 0.454. The third-order valence-electron chi connectivity index (χ3n) is 7.85. The van der Waals surface area contributed by atoms with Gasteiger partial charge in [-0.25, -0.2) is 24.1 Å². The summed E-state index contributed by atoms with van der Waals surface area (Å²) in [6.45, 7) is 3.60. The second kappa shape index (κ2) is 12.5. The van der Waals surface area contributed by atoms with Gasteiger partial charge in [-0.05, 0) is 69.6 Å². The largest absolute Gasteiger partial charge is 0.473 e. The van der Waals surface area contributed by atoms with Gasteiger partial charge in [0, 0.05) is 26.2 Å². The van der Waals surface area contributed by atoms with Crippen molar-refractivity contribution in [3.63, 3.8) is 0 Å². The Kier molecular flexibility index (Phi) is 8.43. The highest BCUT2D eigenvalue weighted by molar-refractivity contribution is 5.76. The molecule has 0 radical (unpaired) electrons. The highest BCUT2D eigenvalue weighted by Crippen LogP contribution is 2.26. The minimum Gasteiger partial charge on any atom is -0.473 e. The number of fused-ring (bicyclic) bond motifs is 1. The van der Waals surface area contributed by atoms with Crippen LogP contribution in [0.5, 0.6) is 5.88 Å². The minimum atomic E-state index is -0.452. The van der Waals surface area contributed by atoms with Crippen LogP contribution in [-0.4, -0.2) is 54.3 Å². The van der Waals surface area contributed by atoms with Gasteiger partial charge in [-0.1, -0.05) is 12.1 Å². The number of rotatable bonds is 11. The van der Waals surface area contributed by atoms with Crippen molar-refractivity contribution in [2.45, 2.75) is 83.9 Å². The first kappa shape index (κ1) is 28.2. The number of halogens is 1. The van der Waals surface area contributed by atoms with Crippen molar-refractivity contribution in [2.24, 2.45) is 0 Å². The molecule has 1 saturated carbocycles. The van der Waals surface area contributed by atoms with E-state index in [1.165, 1.54) is 21.3 Å². The maximum absolute atomic E-state index is 13.9. The molecule has 2 aliphatic rings. The fourth-order valence-corrected chi connectivity index (χ4v) is 5.33. The number of ether oxygens (including phenoxy) is 3. The summed E-state index contributed by atoms with van der Waals surface area (Å²) in [5.41, 5.74) is 0.838. The van der Waals surface area contributed by atoms with E-state index >= 15 is 0 Å². The second-order valence-corrected chi connectivity index (χ2v) is 10.7. The predicted molar refractivity (Wildman–Crippen MR) is 153 cm³/mol. The molecule has 1 unspecified atom stereocenters. The van der Waals surface area contributed by atoms with Crippen LogP contribution in [0.15, 0.2) is 46.2 Å². The van der Waals surface area contributed by atoms with Crippen molar-refractivity contribution in [1.82, 2.24) is 28.7 Å². The van der Waals surface area contributed by atoms with Crippen LogP contribution in [0.2, 0.25) is 0 Å². The lowest BCUT2D eigenvalue weighted by molar-refractivity contribution is -0.163. The van der Waals surface area contributed by atoms with Gasteiger partial charge >= 0.3 is 5.69 Å². The van der Waals surface area contributed by atoms with Crippen LogP contribution in [0.3, 0.4) is 0 Å². The van der Waals surface area contributed by atoms with Gasteiger partial charge in [0.15, 0.2) is 23.3 Å². The van der Waals surface area contributed by atoms with Gasteiger partial charge in [-0.2, -0.15) is 0 Å². The Bertz CT molecular complexity index is 1640. The van der Waals surface area contributed by atoms with E-state index in [4.69, 9.17) is 19.2 Å². The number of aryl methyl sites for hydroxylation is 1. The van der Waals surface area contributed by atoms with Crippen LogP contribution in [0.1, 0.15) is 57.4 Å². The maximum Gasteiger partial charge on any atom is 0.332 e. The number of nitrogens with zero attached hydrogens (tertiary/aromatic N) is 6. The van der Waals surface area contributed by atoms with E-state index in [1.54, 1.807) is 29.1 Å². The summed E-state index contributed by atoms with van der Waals surface area (Å²) in [4.78, 5) is 41.2. The lowest BCUT2D eigenvalue weighted by atomic mass is 9.96. The van der Waals surface area contributed by atoms with Crippen molar-refractivity contribution >= 4 is 11.2 Å². The Morgan fingerprint density at radius 1 is 1.00 bits per heavy atom. The monoisotopic (exact) mass is 578 g/mol. The molecule has 1 aliphatic heterocycles. The standard InChI is InChI=1S/C30H35FN6O5/c1-2-35-28-26(29(38)36(30(35)39)14-6-16-41-25-9-3-4-15-40-25)37(19-20-10-12-21(31)13-11-20)27(34-28)23-17-33-24(18-32-23)42-22-7-5-8-22/h10-13,17-18,22,25H,2-9,14-16,19H2,1H3. The summed E-state index contributed by atoms with van der Waals surface area (Å²) < 4.78 is 35.5. The number of hydrogen-bond donors (Lipinski definition) is 0. The molecule has 222 valence electrons. The summed E-state index contributed by atoms with van der Waals surface area (Å²) in [5, 5.41) is 0. The van der Waals surface area contributed by atoms with Gasteiger partial charge in [0.25, 0.3) is 5.56 Å². The average Bonchev–Trinajstić information content (AvgIpc) is 3.35. The van der Waals surface area contributed by atoms with Crippen LogP contribution < -0.4 is 16.0 Å². The number of benzene rings is 1. The first-order chi connectivity index (χ1) is 20.5. The fourth-order valence-electron chi connectivity index (χ4n) is 5.33. The van der Waals surface area contributed by atoms with Crippen molar-refractivity contribution < 1.29 is 18.6 Å². The Morgan fingerprint density at radius 3 is 2.50 bits per heavy atom. The topological polar surface area (TPSA) is 115 Å². The molecule has 4 aromatic rings. The van der Waals surface area contributed by atoms with Crippen LogP contribution in [0.4, 0.5) is 4.39 Å². The molecule has 42 heavy (non-hydrogen) atoms. The average molecular weight is 579 g/mol. The summed E-state index contributed by atoms with van der Waals surface area (Å²) in [7, 11) is 0. The smallest absolute Gasteiger partial charge is 0.332 e. The Morgan fingerprint density at radius 2 is 1.83 bits per heavy atom. The molecule has 4 heterocycles. The summed E-state index contributed by atoms with van der Waals surface area (Å²) in [6, 6.07) is 6.06. The highest BCUT2D eigenvalue weighted by atomic mass is 19.1. The third-order valence-corrected chi connectivity index (χ3v) is 7.85. The quantitative estimate of drug-likeness (QED) is 0.246. The van der Waals surface area contributed by atoms with Crippen molar-refractivity contribution in [2.75, 3.05) is 13.2 Å². The lowest BCUT2D eigenvalue weighted by Crippen LogP contribution is -2.40. The van der Waals surface area contributed by atoms with Gasteiger partial charge in [-0.3, -0.25) is 13.9 Å². The first-order valence-electron chi connectivity index (χ1n) is 14.7. The Hall–Kier alpha value is -3.90. The number of hydrogen-bond acceptors (Lipinski definition) is 8. The molecule has 1 saturated heterocycles. The molecule has 0 bridgehead atoms. The van der Waals surface area contributed by atoms with E-state index in [9.17, 15) is 14.0 Å². The Balaban J connectivity index is 1.37. The van der Waals surface area contributed by atoms with Crippen LogP contribution in [0.25, 0.3) is 22.7 Å². The molecule has 3 aromatic heterocycles. The summed E-state index contributed by atoms with van der Waals surface area (Å²) >= 11 is 0. The van der Waals surface area contributed by atoms with Gasteiger partial charge in [0.05, 0.1) is 19.0 Å². The van der Waals surface area contributed by atoms with Gasteiger partial charge < -0.3 is 18.8 Å². The van der Waals surface area contributed by atoms with E-state index < -0.39 is 11.2 Å². The zero-order chi connectivity index (χ0) is 29.1. The van der Waals surface area contributed by atoms with Crippen molar-refractivity contribution in [3.8, 4) is 17.4 Å². The maximum atomic E-state index is 13.9.